The number of benzene rings is 1. The predicted octanol–water partition coefficient (Wildman–Crippen LogP) is 5.03. The van der Waals surface area contributed by atoms with Gasteiger partial charge in [0.2, 0.25) is 0 Å². The second kappa shape index (κ2) is 7.16. The Morgan fingerprint density at radius 3 is 2.10 bits per heavy atom. The van der Waals surface area contributed by atoms with E-state index in [1.807, 2.05) is 12.1 Å². The second-order valence-electron chi connectivity index (χ2n) is 6.66. The summed E-state index contributed by atoms with van der Waals surface area (Å²) in [5.74, 6) is 1.68. The first-order valence-electron chi connectivity index (χ1n) is 7.16. The molecule has 0 amide bonds. The summed E-state index contributed by atoms with van der Waals surface area (Å²) in [5, 5.41) is 0.231. The van der Waals surface area contributed by atoms with Crippen molar-refractivity contribution in [2.24, 2.45) is 0 Å². The zero-order valence-electron chi connectivity index (χ0n) is 14.2. The summed E-state index contributed by atoms with van der Waals surface area (Å²) in [6.07, 6.45) is 0.819. The van der Waals surface area contributed by atoms with Crippen molar-refractivity contribution < 1.29 is 13.9 Å². The van der Waals surface area contributed by atoms with E-state index in [0.29, 0.717) is 6.61 Å². The van der Waals surface area contributed by atoms with Crippen molar-refractivity contribution >= 4 is 24.2 Å². The molecule has 0 heterocycles. The highest BCUT2D eigenvalue weighted by Gasteiger charge is 2.36. The monoisotopic (exact) mass is 374 g/mol. The Bertz CT molecular complexity index is 481. The van der Waals surface area contributed by atoms with E-state index in [2.05, 4.69) is 49.8 Å². The van der Waals surface area contributed by atoms with E-state index in [1.165, 1.54) is 0 Å². The molecule has 0 bridgehead atoms. The lowest BCUT2D eigenvalue weighted by Gasteiger charge is -2.36. The molecule has 0 aliphatic heterocycles. The minimum Gasteiger partial charge on any atom is -0.496 e. The molecule has 1 aromatic rings. The Hall–Kier alpha value is -0.523. The molecule has 0 saturated carbocycles. The van der Waals surface area contributed by atoms with Crippen LogP contribution in [0.2, 0.25) is 18.1 Å². The van der Waals surface area contributed by atoms with Crippen LogP contribution in [0.3, 0.4) is 0 Å². The summed E-state index contributed by atoms with van der Waals surface area (Å²) in [4.78, 5) is 0. The van der Waals surface area contributed by atoms with Gasteiger partial charge in [0.1, 0.15) is 11.5 Å². The summed E-state index contributed by atoms with van der Waals surface area (Å²) in [6, 6.07) is 3.96. The van der Waals surface area contributed by atoms with E-state index in [4.69, 9.17) is 13.9 Å². The van der Waals surface area contributed by atoms with Crippen molar-refractivity contribution in [3.63, 3.8) is 0 Å². The Balaban J connectivity index is 2.80. The van der Waals surface area contributed by atoms with E-state index in [0.717, 1.165) is 28.0 Å². The van der Waals surface area contributed by atoms with Gasteiger partial charge >= 0.3 is 0 Å². The molecule has 0 unspecified atom stereocenters. The predicted molar refractivity (Wildman–Crippen MR) is 94.1 cm³/mol. The molecule has 0 aliphatic rings. The molecule has 0 spiro atoms. The van der Waals surface area contributed by atoms with Gasteiger partial charge in [-0.15, -0.1) is 0 Å². The third-order valence-corrected chi connectivity index (χ3v) is 9.35. The minimum atomic E-state index is -1.70. The molecule has 5 heteroatoms. The highest BCUT2D eigenvalue weighted by molar-refractivity contribution is 9.10. The lowest BCUT2D eigenvalue weighted by Crippen LogP contribution is -2.41. The molecular formula is C16H27BrO3Si. The number of rotatable bonds is 6. The zero-order valence-corrected chi connectivity index (χ0v) is 16.8. The topological polar surface area (TPSA) is 27.7 Å². The number of halogens is 1. The first-order valence-corrected chi connectivity index (χ1v) is 10.9. The van der Waals surface area contributed by atoms with Crippen LogP contribution in [-0.2, 0) is 10.8 Å². The third-order valence-electron chi connectivity index (χ3n) is 4.20. The van der Waals surface area contributed by atoms with Gasteiger partial charge in [-0.05, 0) is 52.6 Å². The summed E-state index contributed by atoms with van der Waals surface area (Å²) in [5.41, 5.74) is 1.11. The van der Waals surface area contributed by atoms with E-state index >= 15 is 0 Å². The van der Waals surface area contributed by atoms with Gasteiger partial charge < -0.3 is 13.9 Å². The average Bonchev–Trinajstić information content (AvgIpc) is 2.38. The fourth-order valence-corrected chi connectivity index (χ4v) is 3.28. The summed E-state index contributed by atoms with van der Waals surface area (Å²) < 4.78 is 17.9. The summed E-state index contributed by atoms with van der Waals surface area (Å²) in [7, 11) is 1.66. The number of methoxy groups -OCH3 is 2. The van der Waals surface area contributed by atoms with Gasteiger partial charge in [-0.2, -0.15) is 0 Å². The van der Waals surface area contributed by atoms with Crippen molar-refractivity contribution in [3.8, 4) is 11.5 Å². The molecule has 0 fully saturated rings. The maximum Gasteiger partial charge on any atom is 0.191 e. The van der Waals surface area contributed by atoms with Crippen LogP contribution in [0.1, 0.15) is 26.3 Å². The fraction of sp³-hybridized carbons (Fsp3) is 0.625. The highest BCUT2D eigenvalue weighted by atomic mass is 79.9. The molecule has 0 radical (unpaired) electrons. The van der Waals surface area contributed by atoms with Crippen LogP contribution in [0, 0.1) is 0 Å². The molecule has 0 aliphatic carbocycles. The largest absolute Gasteiger partial charge is 0.496 e. The van der Waals surface area contributed by atoms with Gasteiger partial charge in [0.25, 0.3) is 0 Å². The van der Waals surface area contributed by atoms with Gasteiger partial charge in [-0.3, -0.25) is 0 Å². The maximum absolute atomic E-state index is 6.23. The normalized spacial score (nSPS) is 12.4. The summed E-state index contributed by atoms with van der Waals surface area (Å²) in [6.45, 7) is 12.0. The van der Waals surface area contributed by atoms with Gasteiger partial charge in [0.05, 0.1) is 18.7 Å². The van der Waals surface area contributed by atoms with Crippen LogP contribution in [0.5, 0.6) is 11.5 Å². The maximum atomic E-state index is 6.23. The van der Waals surface area contributed by atoms with Crippen molar-refractivity contribution in [1.82, 2.24) is 0 Å². The lowest BCUT2D eigenvalue weighted by molar-refractivity contribution is 0.289. The van der Waals surface area contributed by atoms with E-state index in [1.54, 1.807) is 14.2 Å². The van der Waals surface area contributed by atoms with Gasteiger partial charge in [-0.1, -0.05) is 20.8 Å². The first-order chi connectivity index (χ1) is 9.62. The van der Waals surface area contributed by atoms with Crippen LogP contribution in [0.25, 0.3) is 0 Å². The molecule has 1 aromatic carbocycles. The van der Waals surface area contributed by atoms with Crippen LogP contribution in [0.15, 0.2) is 16.6 Å². The van der Waals surface area contributed by atoms with Crippen molar-refractivity contribution in [2.75, 3.05) is 20.8 Å². The number of ether oxygens (including phenoxy) is 2. The van der Waals surface area contributed by atoms with Gasteiger partial charge in [-0.25, -0.2) is 0 Å². The molecule has 21 heavy (non-hydrogen) atoms. The molecule has 1 rings (SSSR count). The third kappa shape index (κ3) is 4.73. The van der Waals surface area contributed by atoms with Crippen molar-refractivity contribution in [3.05, 3.63) is 22.2 Å². The summed E-state index contributed by atoms with van der Waals surface area (Å²) >= 11 is 3.48. The van der Waals surface area contributed by atoms with Crippen LogP contribution >= 0.6 is 15.9 Å². The lowest BCUT2D eigenvalue weighted by atomic mass is 10.1. The van der Waals surface area contributed by atoms with Crippen molar-refractivity contribution in [2.45, 2.75) is 45.3 Å². The van der Waals surface area contributed by atoms with Crippen LogP contribution < -0.4 is 9.47 Å². The zero-order chi connectivity index (χ0) is 16.3. The number of hydrogen-bond acceptors (Lipinski definition) is 3. The first kappa shape index (κ1) is 18.5. The smallest absolute Gasteiger partial charge is 0.191 e. The number of hydrogen-bond donors (Lipinski definition) is 0. The second-order valence-corrected chi connectivity index (χ2v) is 12.3. The molecule has 120 valence electrons. The van der Waals surface area contributed by atoms with E-state index in [9.17, 15) is 0 Å². The quantitative estimate of drug-likeness (QED) is 0.653. The van der Waals surface area contributed by atoms with Crippen LogP contribution in [0.4, 0.5) is 0 Å². The Morgan fingerprint density at radius 1 is 1.05 bits per heavy atom. The van der Waals surface area contributed by atoms with Crippen molar-refractivity contribution in [1.29, 1.82) is 0 Å². The Kier molecular flexibility index (Phi) is 6.32. The van der Waals surface area contributed by atoms with Crippen LogP contribution in [-0.4, -0.2) is 29.1 Å². The molecule has 0 N–H and O–H groups in total. The van der Waals surface area contributed by atoms with Gasteiger partial charge in [0.15, 0.2) is 8.32 Å². The van der Waals surface area contributed by atoms with E-state index < -0.39 is 8.32 Å². The minimum absolute atomic E-state index is 0.231. The highest BCUT2D eigenvalue weighted by Crippen LogP contribution is 2.37. The fourth-order valence-electron chi connectivity index (χ4n) is 1.75. The molecule has 0 atom stereocenters. The molecule has 0 aromatic heterocycles. The standard InChI is InChI=1S/C16H27BrO3Si/c1-16(2,3)21(6,7)20-9-8-12-10-15(19-5)13(17)11-14(12)18-4/h10-11H,8-9H2,1-7H3. The molecule has 0 saturated heterocycles. The molecule has 3 nitrogen and oxygen atoms in total. The SMILES string of the molecule is COc1cc(CCO[Si](C)(C)C(C)(C)C)c(OC)cc1Br. The molecular weight excluding hydrogens is 348 g/mol. The Labute approximate surface area is 138 Å². The average molecular weight is 375 g/mol. The van der Waals surface area contributed by atoms with E-state index in [-0.39, 0.29) is 5.04 Å². The Morgan fingerprint density at radius 2 is 1.62 bits per heavy atom. The van der Waals surface area contributed by atoms with Gasteiger partial charge in [0, 0.05) is 12.2 Å².